The van der Waals surface area contributed by atoms with Crippen molar-refractivity contribution < 1.29 is 8.42 Å². The van der Waals surface area contributed by atoms with Crippen LogP contribution < -0.4 is 5.14 Å². The van der Waals surface area contributed by atoms with E-state index >= 15 is 0 Å². The fourth-order valence-electron chi connectivity index (χ4n) is 0.893. The van der Waals surface area contributed by atoms with Gasteiger partial charge in [-0.25, -0.2) is 13.6 Å². The van der Waals surface area contributed by atoms with Crippen LogP contribution in [0.25, 0.3) is 0 Å². The van der Waals surface area contributed by atoms with E-state index < -0.39 is 14.9 Å². The largest absolute Gasteiger partial charge is 0.237 e. The number of allylic oxidation sites excluding steroid dienone is 3. The highest BCUT2D eigenvalue weighted by Crippen LogP contribution is 2.27. The molecule has 0 aromatic rings. The Kier molecular flexibility index (Phi) is 2.48. The van der Waals surface area contributed by atoms with E-state index in [4.69, 9.17) is 22.0 Å². The summed E-state index contributed by atoms with van der Waals surface area (Å²) in [5.74, 6) is 0. The molecule has 70 valence electrons. The molecule has 1 aliphatic carbocycles. The van der Waals surface area contributed by atoms with Crippen LogP contribution >= 0.6 is 11.6 Å². The fraction of sp³-hybridized carbons (Fsp3) is 0.286. The van der Waals surface area contributed by atoms with Gasteiger partial charge in [-0.2, -0.15) is 5.26 Å². The molecule has 0 amide bonds. The lowest BCUT2D eigenvalue weighted by atomic mass is 10.0. The van der Waals surface area contributed by atoms with E-state index in [1.54, 1.807) is 0 Å². The second-order valence-corrected chi connectivity index (χ2v) is 4.90. The molecule has 0 bridgehead atoms. The lowest BCUT2D eigenvalue weighted by Crippen LogP contribution is -2.21. The zero-order valence-electron chi connectivity index (χ0n) is 6.57. The third-order valence-corrected chi connectivity index (χ3v) is 2.95. The van der Waals surface area contributed by atoms with Crippen molar-refractivity contribution in [1.82, 2.24) is 0 Å². The van der Waals surface area contributed by atoms with E-state index in [0.29, 0.717) is 0 Å². The molecular weight excluding hydrogens is 212 g/mol. The number of primary sulfonamides is 1. The van der Waals surface area contributed by atoms with Gasteiger partial charge < -0.3 is 0 Å². The summed E-state index contributed by atoms with van der Waals surface area (Å²) in [5.41, 5.74) is 0. The number of nitrogens with two attached hydrogens (primary N) is 1. The summed E-state index contributed by atoms with van der Waals surface area (Å²) in [6.45, 7) is 0. The lowest BCUT2D eigenvalue weighted by Gasteiger charge is -2.16. The molecule has 0 spiro atoms. The minimum Gasteiger partial charge on any atom is -0.225 e. The first-order valence-electron chi connectivity index (χ1n) is 3.40. The second-order valence-electron chi connectivity index (χ2n) is 2.66. The monoisotopic (exact) mass is 218 g/mol. The molecule has 1 unspecified atom stereocenters. The summed E-state index contributed by atoms with van der Waals surface area (Å²) in [7, 11) is -3.68. The maximum absolute atomic E-state index is 10.8. The van der Waals surface area contributed by atoms with Crippen LogP contribution in [-0.2, 0) is 10.0 Å². The number of hydrogen-bond donors (Lipinski definition) is 1. The van der Waals surface area contributed by atoms with Gasteiger partial charge in [0.15, 0.2) is 4.87 Å². The third kappa shape index (κ3) is 2.31. The van der Waals surface area contributed by atoms with Crippen LogP contribution in [0.1, 0.15) is 6.42 Å². The highest BCUT2D eigenvalue weighted by molar-refractivity contribution is 7.93. The molecule has 0 heterocycles. The first-order valence-corrected chi connectivity index (χ1v) is 5.32. The molecule has 0 saturated carbocycles. The Labute approximate surface area is 81.3 Å². The van der Waals surface area contributed by atoms with Gasteiger partial charge in [0.05, 0.1) is 11.0 Å². The zero-order chi connectivity index (χ0) is 10.1. The Balaban J connectivity index is 2.97. The normalized spacial score (nSPS) is 27.9. The smallest absolute Gasteiger partial charge is 0.225 e. The number of halogens is 1. The highest BCUT2D eigenvalue weighted by Gasteiger charge is 2.26. The Morgan fingerprint density at radius 2 is 2.31 bits per heavy atom. The first-order chi connectivity index (χ1) is 5.87. The predicted molar refractivity (Wildman–Crippen MR) is 49.1 cm³/mol. The van der Waals surface area contributed by atoms with E-state index in [1.807, 2.05) is 6.07 Å². The van der Waals surface area contributed by atoms with Gasteiger partial charge in [-0.3, -0.25) is 0 Å². The molecule has 0 fully saturated rings. The van der Waals surface area contributed by atoms with E-state index in [2.05, 4.69) is 0 Å². The number of hydrogen-bond acceptors (Lipinski definition) is 3. The maximum atomic E-state index is 10.8. The van der Waals surface area contributed by atoms with Gasteiger partial charge in [0.1, 0.15) is 0 Å². The molecule has 13 heavy (non-hydrogen) atoms. The molecule has 1 aliphatic rings. The number of alkyl halides is 1. The van der Waals surface area contributed by atoms with Gasteiger partial charge in [0.2, 0.25) is 10.0 Å². The van der Waals surface area contributed by atoms with Crippen molar-refractivity contribution in [2.75, 3.05) is 0 Å². The quantitative estimate of drug-likeness (QED) is 0.655. The topological polar surface area (TPSA) is 83.9 Å². The molecular formula is C7H7ClN2O2S. The van der Waals surface area contributed by atoms with Crippen LogP contribution in [0.15, 0.2) is 23.1 Å². The van der Waals surface area contributed by atoms with Gasteiger partial charge in [0, 0.05) is 6.42 Å². The first kappa shape index (κ1) is 10.3. The summed E-state index contributed by atoms with van der Waals surface area (Å²) in [5, 5.41) is 13.5. The molecule has 1 rings (SSSR count). The SMILES string of the molecule is N#CC1(Cl)C=CC(S(N)(=O)=O)=CC1. The fourth-order valence-corrected chi connectivity index (χ4v) is 1.61. The standard InChI is InChI=1S/C7H7ClN2O2S/c8-7(5-9)3-1-6(2-4-7)13(10,11)12/h1-3H,4H2,(H2,10,11,12). The summed E-state index contributed by atoms with van der Waals surface area (Å²) >= 11 is 5.75. The van der Waals surface area contributed by atoms with Crippen LogP contribution in [0.5, 0.6) is 0 Å². The lowest BCUT2D eigenvalue weighted by molar-refractivity contribution is 0.604. The van der Waals surface area contributed by atoms with Crippen LogP contribution in [-0.4, -0.2) is 13.3 Å². The van der Waals surface area contributed by atoms with Crippen molar-refractivity contribution in [1.29, 1.82) is 5.26 Å². The van der Waals surface area contributed by atoms with Gasteiger partial charge in [0.25, 0.3) is 0 Å². The molecule has 1 atom stereocenters. The molecule has 0 radical (unpaired) electrons. The average Bonchev–Trinajstić information content (AvgIpc) is 2.04. The van der Waals surface area contributed by atoms with Gasteiger partial charge in [-0.15, -0.1) is 0 Å². The van der Waals surface area contributed by atoms with E-state index in [9.17, 15) is 8.42 Å². The van der Waals surface area contributed by atoms with Crippen molar-refractivity contribution in [3.05, 3.63) is 23.1 Å². The van der Waals surface area contributed by atoms with Crippen molar-refractivity contribution in [2.45, 2.75) is 11.3 Å². The minimum atomic E-state index is -3.68. The van der Waals surface area contributed by atoms with Crippen molar-refractivity contribution in [2.24, 2.45) is 5.14 Å². The molecule has 0 aromatic carbocycles. The zero-order valence-corrected chi connectivity index (χ0v) is 8.14. The maximum Gasteiger partial charge on any atom is 0.237 e. The predicted octanol–water partition coefficient (Wildman–Crippen LogP) is 0.620. The van der Waals surface area contributed by atoms with Crippen LogP contribution in [0, 0.1) is 11.3 Å². The highest BCUT2D eigenvalue weighted by atomic mass is 35.5. The second kappa shape index (κ2) is 3.14. The molecule has 0 aromatic heterocycles. The van der Waals surface area contributed by atoms with Crippen LogP contribution in [0.2, 0.25) is 0 Å². The molecule has 4 nitrogen and oxygen atoms in total. The number of nitrogens with zero attached hydrogens (tertiary/aromatic N) is 1. The van der Waals surface area contributed by atoms with Gasteiger partial charge in [-0.1, -0.05) is 17.7 Å². The van der Waals surface area contributed by atoms with Gasteiger partial charge >= 0.3 is 0 Å². The van der Waals surface area contributed by atoms with E-state index in [0.717, 1.165) is 0 Å². The summed E-state index contributed by atoms with van der Waals surface area (Å²) in [6.07, 6.45) is 4.06. The molecule has 6 heteroatoms. The molecule has 0 aliphatic heterocycles. The Hall–Kier alpha value is -0.830. The van der Waals surface area contributed by atoms with Crippen LogP contribution in [0.3, 0.4) is 0 Å². The Morgan fingerprint density at radius 1 is 1.69 bits per heavy atom. The number of rotatable bonds is 1. The molecule has 2 N–H and O–H groups in total. The molecule has 0 saturated heterocycles. The van der Waals surface area contributed by atoms with Crippen molar-refractivity contribution in [3.63, 3.8) is 0 Å². The van der Waals surface area contributed by atoms with Crippen molar-refractivity contribution in [3.8, 4) is 6.07 Å². The number of sulfonamides is 1. The minimum absolute atomic E-state index is 0.000903. The summed E-state index contributed by atoms with van der Waals surface area (Å²) in [6, 6.07) is 1.85. The third-order valence-electron chi connectivity index (χ3n) is 1.63. The Morgan fingerprint density at radius 3 is 2.62 bits per heavy atom. The van der Waals surface area contributed by atoms with Gasteiger partial charge in [-0.05, 0) is 12.2 Å². The van der Waals surface area contributed by atoms with Crippen molar-refractivity contribution >= 4 is 21.6 Å². The summed E-state index contributed by atoms with van der Waals surface area (Å²) < 4.78 is 21.6. The van der Waals surface area contributed by atoms with E-state index in [-0.39, 0.29) is 11.3 Å². The van der Waals surface area contributed by atoms with E-state index in [1.165, 1.54) is 18.2 Å². The average molecular weight is 219 g/mol. The summed E-state index contributed by atoms with van der Waals surface area (Å²) in [4.78, 5) is -1.13. The Bertz CT molecular complexity index is 418. The number of nitriles is 1. The van der Waals surface area contributed by atoms with Crippen LogP contribution in [0.4, 0.5) is 0 Å².